The molecule has 33 heavy (non-hydrogen) atoms. The van der Waals surface area contributed by atoms with Gasteiger partial charge in [0.2, 0.25) is 0 Å². The van der Waals surface area contributed by atoms with Crippen molar-refractivity contribution in [2.75, 3.05) is 20.2 Å². The molecule has 1 fully saturated rings. The summed E-state index contributed by atoms with van der Waals surface area (Å²) in [4.78, 5) is 27.9. The fraction of sp³-hybridized carbons (Fsp3) is 0.385. The van der Waals surface area contributed by atoms with E-state index in [4.69, 9.17) is 16.3 Å². The average Bonchev–Trinajstić information content (AvgIpc) is 2.83. The highest BCUT2D eigenvalue weighted by Crippen LogP contribution is 2.28. The molecule has 0 atom stereocenters. The van der Waals surface area contributed by atoms with Crippen LogP contribution in [0.3, 0.4) is 0 Å². The summed E-state index contributed by atoms with van der Waals surface area (Å²) in [5.74, 6) is 1.38. The van der Waals surface area contributed by atoms with Crippen LogP contribution in [-0.4, -0.2) is 34.2 Å². The van der Waals surface area contributed by atoms with Crippen molar-refractivity contribution < 1.29 is 4.74 Å². The van der Waals surface area contributed by atoms with Gasteiger partial charge in [0.05, 0.1) is 13.7 Å². The number of benzene rings is 2. The van der Waals surface area contributed by atoms with Gasteiger partial charge in [-0.2, -0.15) is 0 Å². The number of piperidine rings is 1. The van der Waals surface area contributed by atoms with E-state index in [0.29, 0.717) is 12.5 Å². The second-order valence-electron chi connectivity index (χ2n) is 8.77. The summed E-state index contributed by atoms with van der Waals surface area (Å²) in [5, 5.41) is 0.782. The molecule has 1 aliphatic heterocycles. The molecule has 0 aliphatic carbocycles. The van der Waals surface area contributed by atoms with Gasteiger partial charge in [0.1, 0.15) is 5.75 Å². The molecule has 1 aromatic heterocycles. The Balaban J connectivity index is 1.39. The lowest BCUT2D eigenvalue weighted by molar-refractivity contribution is 0.173. The smallest absolute Gasteiger partial charge is 0.331 e. The van der Waals surface area contributed by atoms with Gasteiger partial charge in [-0.1, -0.05) is 41.9 Å². The molecule has 0 bridgehead atoms. The molecular formula is C26H30ClN3O3. The summed E-state index contributed by atoms with van der Waals surface area (Å²) in [6.07, 6.45) is 3.02. The number of methoxy groups -OCH3 is 1. The van der Waals surface area contributed by atoms with Gasteiger partial charge in [0, 0.05) is 30.4 Å². The number of ether oxygens (including phenoxy) is 1. The Bertz CT molecular complexity index is 1210. The van der Waals surface area contributed by atoms with Crippen LogP contribution in [0.2, 0.25) is 5.02 Å². The normalized spacial score (nSPS) is 15.0. The second kappa shape index (κ2) is 10.4. The average molecular weight is 468 g/mol. The molecule has 0 N–H and O–H groups in total. The Hall–Kier alpha value is -2.83. The lowest BCUT2D eigenvalue weighted by Crippen LogP contribution is -2.42. The van der Waals surface area contributed by atoms with E-state index in [1.807, 2.05) is 48.5 Å². The van der Waals surface area contributed by atoms with E-state index in [1.165, 1.54) is 4.57 Å². The molecule has 6 nitrogen and oxygen atoms in total. The third-order valence-electron chi connectivity index (χ3n) is 6.54. The van der Waals surface area contributed by atoms with Crippen molar-refractivity contribution in [1.82, 2.24) is 14.0 Å². The summed E-state index contributed by atoms with van der Waals surface area (Å²) in [6.45, 7) is 2.73. The van der Waals surface area contributed by atoms with Crippen LogP contribution in [0.5, 0.6) is 5.75 Å². The lowest BCUT2D eigenvalue weighted by atomic mass is 9.90. The van der Waals surface area contributed by atoms with Crippen LogP contribution in [0.15, 0.2) is 64.2 Å². The molecule has 2 aromatic carbocycles. The largest absolute Gasteiger partial charge is 0.497 e. The number of hydrogen-bond acceptors (Lipinski definition) is 4. The molecule has 0 radical (unpaired) electrons. The molecule has 1 aliphatic rings. The molecule has 0 saturated carbocycles. The van der Waals surface area contributed by atoms with Crippen molar-refractivity contribution in [2.24, 2.45) is 13.0 Å². The van der Waals surface area contributed by atoms with Crippen molar-refractivity contribution in [3.8, 4) is 5.75 Å². The number of nitrogens with zero attached hydrogens (tertiary/aromatic N) is 3. The fourth-order valence-corrected chi connectivity index (χ4v) is 4.70. The summed E-state index contributed by atoms with van der Waals surface area (Å²) in [6, 6.07) is 17.0. The van der Waals surface area contributed by atoms with Gasteiger partial charge in [0.25, 0.3) is 5.56 Å². The Morgan fingerprint density at radius 2 is 1.73 bits per heavy atom. The highest BCUT2D eigenvalue weighted by atomic mass is 35.5. The van der Waals surface area contributed by atoms with E-state index in [1.54, 1.807) is 24.8 Å². The topological polar surface area (TPSA) is 56.5 Å². The first-order valence-corrected chi connectivity index (χ1v) is 11.7. The summed E-state index contributed by atoms with van der Waals surface area (Å²) < 4.78 is 8.23. The standard InChI is InChI=1S/C26H30ClN3O3/c1-28-22(16-25(31)30(26(28)32)17-20-6-4-3-5-7-20)18-29-12-10-19(11-13-29)14-21-15-23(33-2)8-9-24(21)27/h3-9,15-16,19H,10-14,17-18H2,1-2H3. The first-order chi connectivity index (χ1) is 15.9. The Morgan fingerprint density at radius 1 is 1.00 bits per heavy atom. The van der Waals surface area contributed by atoms with Crippen LogP contribution < -0.4 is 16.0 Å². The molecule has 0 spiro atoms. The van der Waals surface area contributed by atoms with Gasteiger partial charge in [-0.05, 0) is 67.6 Å². The molecule has 2 heterocycles. The summed E-state index contributed by atoms with van der Waals surface area (Å²) in [7, 11) is 3.41. The van der Waals surface area contributed by atoms with E-state index in [0.717, 1.165) is 59.9 Å². The number of rotatable bonds is 7. The fourth-order valence-electron chi connectivity index (χ4n) is 4.50. The maximum atomic E-state index is 12.9. The predicted octanol–water partition coefficient (Wildman–Crippen LogP) is 3.71. The Morgan fingerprint density at radius 3 is 2.42 bits per heavy atom. The van der Waals surface area contributed by atoms with Crippen molar-refractivity contribution in [2.45, 2.75) is 32.4 Å². The zero-order valence-electron chi connectivity index (χ0n) is 19.2. The first-order valence-electron chi connectivity index (χ1n) is 11.3. The van der Waals surface area contributed by atoms with Crippen LogP contribution >= 0.6 is 11.6 Å². The summed E-state index contributed by atoms with van der Waals surface area (Å²) >= 11 is 6.39. The molecule has 7 heteroatoms. The molecule has 0 unspecified atom stereocenters. The van der Waals surface area contributed by atoms with Crippen LogP contribution in [0, 0.1) is 5.92 Å². The molecule has 4 rings (SSSR count). The zero-order chi connectivity index (χ0) is 23.4. The lowest BCUT2D eigenvalue weighted by Gasteiger charge is -2.32. The maximum Gasteiger partial charge on any atom is 0.331 e. The monoisotopic (exact) mass is 467 g/mol. The van der Waals surface area contributed by atoms with Gasteiger partial charge in [-0.25, -0.2) is 4.79 Å². The minimum Gasteiger partial charge on any atom is -0.497 e. The minimum atomic E-state index is -0.274. The van der Waals surface area contributed by atoms with Crippen LogP contribution in [-0.2, 0) is 26.6 Å². The first kappa shape index (κ1) is 23.3. The highest BCUT2D eigenvalue weighted by molar-refractivity contribution is 6.31. The van der Waals surface area contributed by atoms with Gasteiger partial charge in [0.15, 0.2) is 0 Å². The van der Waals surface area contributed by atoms with E-state index in [2.05, 4.69) is 4.90 Å². The van der Waals surface area contributed by atoms with Crippen molar-refractivity contribution in [3.05, 3.63) is 97.3 Å². The molecule has 1 saturated heterocycles. The van der Waals surface area contributed by atoms with Crippen molar-refractivity contribution in [1.29, 1.82) is 0 Å². The third-order valence-corrected chi connectivity index (χ3v) is 6.91. The van der Waals surface area contributed by atoms with E-state index in [-0.39, 0.29) is 17.8 Å². The van der Waals surface area contributed by atoms with Crippen LogP contribution in [0.4, 0.5) is 0 Å². The highest BCUT2D eigenvalue weighted by Gasteiger charge is 2.22. The van der Waals surface area contributed by atoms with Crippen LogP contribution in [0.25, 0.3) is 0 Å². The van der Waals surface area contributed by atoms with Crippen molar-refractivity contribution >= 4 is 11.6 Å². The quantitative estimate of drug-likeness (QED) is 0.531. The van der Waals surface area contributed by atoms with Crippen molar-refractivity contribution in [3.63, 3.8) is 0 Å². The predicted molar refractivity (Wildman–Crippen MR) is 131 cm³/mol. The third kappa shape index (κ3) is 5.57. The SMILES string of the molecule is COc1ccc(Cl)c(CC2CCN(Cc3cc(=O)n(Cc4ccccc4)c(=O)n3C)CC2)c1. The maximum absolute atomic E-state index is 12.9. The molecule has 3 aromatic rings. The minimum absolute atomic E-state index is 0.250. The zero-order valence-corrected chi connectivity index (χ0v) is 19.9. The van der Waals surface area contributed by atoms with E-state index >= 15 is 0 Å². The molecule has 0 amide bonds. The second-order valence-corrected chi connectivity index (χ2v) is 9.18. The number of halogens is 1. The summed E-state index contributed by atoms with van der Waals surface area (Å²) in [5.41, 5.74) is 2.29. The Kier molecular flexibility index (Phi) is 7.36. The molecule has 174 valence electrons. The number of hydrogen-bond donors (Lipinski definition) is 0. The van der Waals surface area contributed by atoms with Gasteiger partial charge in [-0.15, -0.1) is 0 Å². The number of likely N-dealkylation sites (tertiary alicyclic amines) is 1. The van der Waals surface area contributed by atoms with Gasteiger partial charge in [-0.3, -0.25) is 18.8 Å². The number of aromatic nitrogens is 2. The van der Waals surface area contributed by atoms with E-state index in [9.17, 15) is 9.59 Å². The van der Waals surface area contributed by atoms with Crippen LogP contribution in [0.1, 0.15) is 29.7 Å². The van der Waals surface area contributed by atoms with Gasteiger partial charge < -0.3 is 4.74 Å². The van der Waals surface area contributed by atoms with E-state index < -0.39 is 0 Å². The van der Waals surface area contributed by atoms with Gasteiger partial charge >= 0.3 is 5.69 Å². The Labute approximate surface area is 199 Å². The molecular weight excluding hydrogens is 438 g/mol.